The topological polar surface area (TPSA) is 93.2 Å². The summed E-state index contributed by atoms with van der Waals surface area (Å²) in [7, 11) is 0. The second kappa shape index (κ2) is 8.88. The third kappa shape index (κ3) is 4.39. The largest absolute Gasteiger partial charge is 0.506 e. The fourth-order valence-corrected chi connectivity index (χ4v) is 5.50. The Morgan fingerprint density at radius 3 is 2.36 bits per heavy atom. The SMILES string of the molecule is CCC(C)(C)C1CCC2(CC1)NC(=O)N(CC(=O)N1CCN(c3ccccc3O)CC1)C2=O. The van der Waals surface area contributed by atoms with E-state index in [2.05, 4.69) is 26.1 Å². The van der Waals surface area contributed by atoms with Crippen molar-refractivity contribution in [2.24, 2.45) is 11.3 Å². The molecule has 0 unspecified atom stereocenters. The molecular formula is C25H36N4O4. The number of aromatic hydroxyl groups is 1. The Morgan fingerprint density at radius 1 is 1.12 bits per heavy atom. The minimum Gasteiger partial charge on any atom is -0.506 e. The smallest absolute Gasteiger partial charge is 0.325 e. The lowest BCUT2D eigenvalue weighted by Gasteiger charge is -2.42. The van der Waals surface area contributed by atoms with E-state index in [1.54, 1.807) is 17.0 Å². The molecule has 1 aromatic carbocycles. The summed E-state index contributed by atoms with van der Waals surface area (Å²) in [5, 5.41) is 13.0. The van der Waals surface area contributed by atoms with Crippen molar-refractivity contribution < 1.29 is 19.5 Å². The third-order valence-corrected chi connectivity index (χ3v) is 8.25. The average molecular weight is 457 g/mol. The molecule has 3 fully saturated rings. The van der Waals surface area contributed by atoms with Gasteiger partial charge in [0.2, 0.25) is 5.91 Å². The van der Waals surface area contributed by atoms with Crippen LogP contribution in [0.4, 0.5) is 10.5 Å². The van der Waals surface area contributed by atoms with Crippen LogP contribution in [0.25, 0.3) is 0 Å². The molecule has 2 saturated heterocycles. The Kier molecular flexibility index (Phi) is 6.29. The van der Waals surface area contributed by atoms with Gasteiger partial charge in [0.05, 0.1) is 5.69 Å². The molecule has 0 bridgehead atoms. The van der Waals surface area contributed by atoms with E-state index in [0.29, 0.717) is 44.9 Å². The number of piperazine rings is 1. The average Bonchev–Trinajstić information content (AvgIpc) is 3.03. The number of phenols is 1. The molecule has 33 heavy (non-hydrogen) atoms. The summed E-state index contributed by atoms with van der Waals surface area (Å²) in [4.78, 5) is 43.7. The second-order valence-electron chi connectivity index (χ2n) is 10.4. The summed E-state index contributed by atoms with van der Waals surface area (Å²) in [6.45, 7) is 8.66. The van der Waals surface area contributed by atoms with Gasteiger partial charge in [-0.3, -0.25) is 14.5 Å². The second-order valence-corrected chi connectivity index (χ2v) is 10.4. The van der Waals surface area contributed by atoms with E-state index in [-0.39, 0.29) is 29.5 Å². The molecule has 1 aliphatic carbocycles. The molecule has 4 amide bonds. The van der Waals surface area contributed by atoms with E-state index >= 15 is 0 Å². The molecule has 1 spiro atoms. The zero-order valence-electron chi connectivity index (χ0n) is 20.0. The molecular weight excluding hydrogens is 420 g/mol. The van der Waals surface area contributed by atoms with Gasteiger partial charge in [0.1, 0.15) is 17.8 Å². The Hall–Kier alpha value is -2.77. The molecule has 0 radical (unpaired) electrons. The van der Waals surface area contributed by atoms with Crippen molar-refractivity contribution in [1.82, 2.24) is 15.1 Å². The van der Waals surface area contributed by atoms with E-state index in [9.17, 15) is 19.5 Å². The van der Waals surface area contributed by atoms with Gasteiger partial charge in [-0.1, -0.05) is 39.3 Å². The van der Waals surface area contributed by atoms with Crippen molar-refractivity contribution >= 4 is 23.5 Å². The number of amides is 4. The van der Waals surface area contributed by atoms with Crippen LogP contribution >= 0.6 is 0 Å². The third-order valence-electron chi connectivity index (χ3n) is 8.25. The maximum atomic E-state index is 13.2. The van der Waals surface area contributed by atoms with Crippen LogP contribution in [0.15, 0.2) is 24.3 Å². The van der Waals surface area contributed by atoms with Gasteiger partial charge in [-0.15, -0.1) is 0 Å². The van der Waals surface area contributed by atoms with Crippen molar-refractivity contribution in [2.75, 3.05) is 37.6 Å². The van der Waals surface area contributed by atoms with E-state index in [4.69, 9.17) is 0 Å². The lowest BCUT2D eigenvalue weighted by molar-refractivity contribution is -0.140. The number of hydrogen-bond acceptors (Lipinski definition) is 5. The van der Waals surface area contributed by atoms with Crippen molar-refractivity contribution in [3.05, 3.63) is 24.3 Å². The first-order valence-corrected chi connectivity index (χ1v) is 12.1. The Morgan fingerprint density at radius 2 is 1.76 bits per heavy atom. The number of carbonyl (C=O) groups excluding carboxylic acids is 3. The van der Waals surface area contributed by atoms with Gasteiger partial charge < -0.3 is 20.2 Å². The zero-order valence-corrected chi connectivity index (χ0v) is 20.0. The number of nitrogens with one attached hydrogen (secondary N) is 1. The molecule has 1 aromatic rings. The van der Waals surface area contributed by atoms with Crippen LogP contribution in [0.5, 0.6) is 5.75 Å². The van der Waals surface area contributed by atoms with Gasteiger partial charge in [0, 0.05) is 26.2 Å². The van der Waals surface area contributed by atoms with E-state index in [0.717, 1.165) is 29.8 Å². The minimum absolute atomic E-state index is 0.215. The molecule has 1 saturated carbocycles. The van der Waals surface area contributed by atoms with Crippen LogP contribution in [-0.4, -0.2) is 71.0 Å². The molecule has 2 aliphatic heterocycles. The number of nitrogens with zero attached hydrogens (tertiary/aromatic N) is 3. The van der Waals surface area contributed by atoms with Crippen LogP contribution in [0.2, 0.25) is 0 Å². The first-order valence-electron chi connectivity index (χ1n) is 12.1. The number of phenolic OH excluding ortho intramolecular Hbond substituents is 1. The van der Waals surface area contributed by atoms with Crippen LogP contribution < -0.4 is 10.2 Å². The van der Waals surface area contributed by atoms with Crippen molar-refractivity contribution in [3.8, 4) is 5.75 Å². The molecule has 4 rings (SSSR count). The molecule has 8 nitrogen and oxygen atoms in total. The summed E-state index contributed by atoms with van der Waals surface area (Å²) < 4.78 is 0. The molecule has 2 heterocycles. The normalized spacial score (nSPS) is 26.2. The predicted molar refractivity (Wildman–Crippen MR) is 126 cm³/mol. The lowest BCUT2D eigenvalue weighted by atomic mass is 9.65. The van der Waals surface area contributed by atoms with Crippen LogP contribution in [0.3, 0.4) is 0 Å². The molecule has 0 atom stereocenters. The number of benzene rings is 1. The summed E-state index contributed by atoms with van der Waals surface area (Å²) in [5.41, 5.74) is 0.130. The standard InChI is InChI=1S/C25H36N4O4/c1-4-24(2,3)18-9-11-25(12-10-18)22(32)29(23(33)26-25)17-21(31)28-15-13-27(14-16-28)19-7-5-6-8-20(19)30/h5-8,18,30H,4,9-17H2,1-3H3,(H,26,33). The zero-order chi connectivity index (χ0) is 23.8. The minimum atomic E-state index is -0.846. The molecule has 0 aromatic heterocycles. The van der Waals surface area contributed by atoms with Gasteiger partial charge in [-0.2, -0.15) is 0 Å². The number of para-hydroxylation sites is 2. The number of rotatable bonds is 5. The Labute approximate surface area is 195 Å². The lowest BCUT2D eigenvalue weighted by Crippen LogP contribution is -2.53. The first kappa shape index (κ1) is 23.4. The fraction of sp³-hybridized carbons (Fsp3) is 0.640. The fourth-order valence-electron chi connectivity index (χ4n) is 5.50. The summed E-state index contributed by atoms with van der Waals surface area (Å²) in [6, 6.07) is 6.71. The highest BCUT2D eigenvalue weighted by molar-refractivity contribution is 6.09. The van der Waals surface area contributed by atoms with Gasteiger partial charge in [0.15, 0.2) is 0 Å². The van der Waals surface area contributed by atoms with Gasteiger partial charge in [0.25, 0.3) is 5.91 Å². The molecule has 3 aliphatic rings. The van der Waals surface area contributed by atoms with Crippen molar-refractivity contribution in [2.45, 2.75) is 58.4 Å². The highest BCUT2D eigenvalue weighted by Gasteiger charge is 2.54. The van der Waals surface area contributed by atoms with Crippen molar-refractivity contribution in [1.29, 1.82) is 0 Å². The van der Waals surface area contributed by atoms with Crippen LogP contribution in [0.1, 0.15) is 52.9 Å². The summed E-state index contributed by atoms with van der Waals surface area (Å²) in [5.74, 6) is 0.294. The first-order chi connectivity index (χ1) is 15.7. The number of anilines is 1. The van der Waals surface area contributed by atoms with Gasteiger partial charge in [-0.05, 0) is 49.1 Å². The van der Waals surface area contributed by atoms with Crippen molar-refractivity contribution in [3.63, 3.8) is 0 Å². The maximum absolute atomic E-state index is 13.2. The van der Waals surface area contributed by atoms with Crippen LogP contribution in [0, 0.1) is 11.3 Å². The number of urea groups is 1. The quantitative estimate of drug-likeness (QED) is 0.665. The predicted octanol–water partition coefficient (Wildman–Crippen LogP) is 2.96. The molecule has 8 heteroatoms. The van der Waals surface area contributed by atoms with Gasteiger partial charge >= 0.3 is 6.03 Å². The number of carbonyl (C=O) groups is 3. The molecule has 180 valence electrons. The van der Waals surface area contributed by atoms with E-state index < -0.39 is 11.6 Å². The number of imide groups is 1. The van der Waals surface area contributed by atoms with E-state index in [1.807, 2.05) is 17.0 Å². The summed E-state index contributed by atoms with van der Waals surface area (Å²) in [6.07, 6.45) is 4.17. The Bertz CT molecular complexity index is 915. The highest BCUT2D eigenvalue weighted by Crippen LogP contribution is 2.45. The van der Waals surface area contributed by atoms with Crippen LogP contribution in [-0.2, 0) is 9.59 Å². The highest BCUT2D eigenvalue weighted by atomic mass is 16.3. The van der Waals surface area contributed by atoms with E-state index in [1.165, 1.54) is 0 Å². The maximum Gasteiger partial charge on any atom is 0.325 e. The molecule has 2 N–H and O–H groups in total. The number of hydrogen-bond donors (Lipinski definition) is 2. The Balaban J connectivity index is 1.33. The monoisotopic (exact) mass is 456 g/mol. The van der Waals surface area contributed by atoms with Gasteiger partial charge in [-0.25, -0.2) is 4.79 Å². The summed E-state index contributed by atoms with van der Waals surface area (Å²) >= 11 is 0.